The molecule has 0 saturated carbocycles. The molecule has 0 spiro atoms. The number of carbonyl (C=O) groups is 2. The van der Waals surface area contributed by atoms with Crippen LogP contribution < -0.4 is 0 Å². The summed E-state index contributed by atoms with van der Waals surface area (Å²) in [4.78, 5) is 26.1. The summed E-state index contributed by atoms with van der Waals surface area (Å²) >= 11 is 0. The number of aromatic hydroxyl groups is 1. The highest BCUT2D eigenvalue weighted by Gasteiger charge is 2.21. The smallest absolute Gasteiger partial charge is 0.163 e. The van der Waals surface area contributed by atoms with Crippen molar-refractivity contribution < 1.29 is 19.1 Å². The Morgan fingerprint density at radius 1 is 0.694 bits per heavy atom. The quantitative estimate of drug-likeness (QED) is 0.151. The molecule has 4 nitrogen and oxygen atoms in total. The lowest BCUT2D eigenvalue weighted by Crippen LogP contribution is -2.01. The number of Topliss-reactive ketones (excluding diaryl/α,β-unsaturated/α-hetero) is 2. The van der Waals surface area contributed by atoms with Crippen LogP contribution in [0.15, 0.2) is 46.9 Å². The lowest BCUT2D eigenvalue weighted by atomic mass is 9.96. The van der Waals surface area contributed by atoms with Gasteiger partial charge in [0.25, 0.3) is 0 Å². The number of carbonyl (C=O) groups excluding carboxylic acids is 2. The number of fused-ring (bicyclic) bond motifs is 1. The second kappa shape index (κ2) is 14.6. The largest absolute Gasteiger partial charge is 0.507 e. The summed E-state index contributed by atoms with van der Waals surface area (Å²) in [5.41, 5.74) is 2.13. The van der Waals surface area contributed by atoms with E-state index in [2.05, 4.69) is 13.8 Å². The minimum absolute atomic E-state index is 0.0104. The van der Waals surface area contributed by atoms with Crippen molar-refractivity contribution in [1.82, 2.24) is 0 Å². The zero-order valence-electron chi connectivity index (χ0n) is 22.1. The third kappa shape index (κ3) is 7.56. The van der Waals surface area contributed by atoms with Gasteiger partial charge >= 0.3 is 0 Å². The number of rotatable bonds is 17. The molecule has 2 aromatic carbocycles. The van der Waals surface area contributed by atoms with Crippen LogP contribution in [0.4, 0.5) is 0 Å². The van der Waals surface area contributed by atoms with Crippen LogP contribution in [-0.4, -0.2) is 16.7 Å². The average molecular weight is 491 g/mol. The number of phenolic OH excluding ortho intramolecular Hbond substituents is 1. The van der Waals surface area contributed by atoms with Crippen LogP contribution in [0.1, 0.15) is 124 Å². The van der Waals surface area contributed by atoms with Crippen molar-refractivity contribution in [2.75, 3.05) is 0 Å². The van der Waals surface area contributed by atoms with Gasteiger partial charge in [-0.25, -0.2) is 0 Å². The fraction of sp³-hybridized carbons (Fsp3) is 0.500. The summed E-state index contributed by atoms with van der Waals surface area (Å²) in [5.74, 6) is 0.563. The van der Waals surface area contributed by atoms with E-state index in [9.17, 15) is 14.7 Å². The third-order valence-electron chi connectivity index (χ3n) is 6.97. The van der Waals surface area contributed by atoms with E-state index in [0.29, 0.717) is 40.9 Å². The molecule has 3 aromatic rings. The molecule has 0 amide bonds. The van der Waals surface area contributed by atoms with E-state index in [4.69, 9.17) is 4.42 Å². The average Bonchev–Trinajstić information content (AvgIpc) is 3.31. The van der Waals surface area contributed by atoms with E-state index in [1.54, 1.807) is 24.3 Å². The molecule has 4 heteroatoms. The van der Waals surface area contributed by atoms with Gasteiger partial charge in [-0.2, -0.15) is 0 Å². The highest BCUT2D eigenvalue weighted by atomic mass is 16.3. The zero-order valence-corrected chi connectivity index (χ0v) is 22.1. The molecule has 3 rings (SSSR count). The van der Waals surface area contributed by atoms with Gasteiger partial charge in [-0.3, -0.25) is 9.59 Å². The first-order valence-electron chi connectivity index (χ1n) is 14.0. The van der Waals surface area contributed by atoms with Crippen LogP contribution in [0.25, 0.3) is 22.3 Å². The minimum Gasteiger partial charge on any atom is -0.507 e. The van der Waals surface area contributed by atoms with Crippen molar-refractivity contribution in [3.63, 3.8) is 0 Å². The summed E-state index contributed by atoms with van der Waals surface area (Å²) in [6.45, 7) is 4.40. The Hall–Kier alpha value is -2.88. The fourth-order valence-electron chi connectivity index (χ4n) is 4.86. The Bertz CT molecular complexity index is 1120. The summed E-state index contributed by atoms with van der Waals surface area (Å²) in [6, 6.07) is 12.3. The van der Waals surface area contributed by atoms with Gasteiger partial charge in [0.15, 0.2) is 11.6 Å². The maximum absolute atomic E-state index is 13.1. The van der Waals surface area contributed by atoms with Crippen LogP contribution in [0.2, 0.25) is 0 Å². The molecule has 0 bridgehead atoms. The number of phenols is 1. The summed E-state index contributed by atoms with van der Waals surface area (Å²) < 4.78 is 6.09. The molecule has 0 radical (unpaired) electrons. The molecule has 0 atom stereocenters. The van der Waals surface area contributed by atoms with Crippen LogP contribution >= 0.6 is 0 Å². The second-order valence-corrected chi connectivity index (χ2v) is 9.91. The topological polar surface area (TPSA) is 67.5 Å². The summed E-state index contributed by atoms with van der Waals surface area (Å²) in [6.07, 6.45) is 14.5. The van der Waals surface area contributed by atoms with Gasteiger partial charge < -0.3 is 9.52 Å². The molecule has 36 heavy (non-hydrogen) atoms. The number of hydrogen-bond donors (Lipinski definition) is 1. The van der Waals surface area contributed by atoms with E-state index in [1.807, 2.05) is 18.2 Å². The van der Waals surface area contributed by atoms with Gasteiger partial charge in [-0.1, -0.05) is 102 Å². The van der Waals surface area contributed by atoms with Crippen molar-refractivity contribution in [3.8, 4) is 17.1 Å². The van der Waals surface area contributed by atoms with E-state index in [-0.39, 0.29) is 17.3 Å². The molecule has 0 fully saturated rings. The van der Waals surface area contributed by atoms with Gasteiger partial charge in [0.2, 0.25) is 0 Å². The number of ketones is 2. The third-order valence-corrected chi connectivity index (χ3v) is 6.97. The van der Waals surface area contributed by atoms with Crippen LogP contribution in [0.5, 0.6) is 5.75 Å². The number of hydrogen-bond acceptors (Lipinski definition) is 4. The predicted octanol–water partition coefficient (Wildman–Crippen LogP) is 9.67. The van der Waals surface area contributed by atoms with Gasteiger partial charge in [0.1, 0.15) is 17.1 Å². The standard InChI is InChI=1S/C32H42O4/c1-3-5-7-9-11-13-19-27(33)24-17-16-22-30-26(24)23-31(36-30)32-25(18-15-21-29(32)35)28(34)20-14-12-10-8-6-4-2/h15-18,21-23,35H,3-14,19-20H2,1-2H3. The Morgan fingerprint density at radius 3 is 1.86 bits per heavy atom. The zero-order chi connectivity index (χ0) is 25.8. The highest BCUT2D eigenvalue weighted by Crippen LogP contribution is 2.38. The molecule has 0 aliphatic heterocycles. The molecule has 1 N–H and O–H groups in total. The van der Waals surface area contributed by atoms with Gasteiger partial charge in [-0.15, -0.1) is 0 Å². The van der Waals surface area contributed by atoms with Crippen LogP contribution in [-0.2, 0) is 0 Å². The van der Waals surface area contributed by atoms with Gasteiger partial charge in [0.05, 0.1) is 5.56 Å². The molecule has 0 unspecified atom stereocenters. The molecule has 0 aliphatic rings. The lowest BCUT2D eigenvalue weighted by Gasteiger charge is -2.09. The fourth-order valence-corrected chi connectivity index (χ4v) is 4.86. The molecule has 0 aliphatic carbocycles. The first kappa shape index (κ1) is 27.7. The molecule has 1 heterocycles. The number of furan rings is 1. The first-order chi connectivity index (χ1) is 17.6. The molecule has 0 saturated heterocycles. The van der Waals surface area contributed by atoms with Gasteiger partial charge in [-0.05, 0) is 31.0 Å². The van der Waals surface area contributed by atoms with E-state index in [0.717, 1.165) is 37.5 Å². The number of unbranched alkanes of at least 4 members (excludes halogenated alkanes) is 10. The lowest BCUT2D eigenvalue weighted by molar-refractivity contribution is 0.0972. The van der Waals surface area contributed by atoms with Crippen LogP contribution in [0, 0.1) is 0 Å². The number of benzene rings is 2. The maximum Gasteiger partial charge on any atom is 0.163 e. The Balaban J connectivity index is 1.75. The van der Waals surface area contributed by atoms with Crippen LogP contribution in [0.3, 0.4) is 0 Å². The van der Waals surface area contributed by atoms with Crippen molar-refractivity contribution in [2.45, 2.75) is 104 Å². The summed E-state index contributed by atoms with van der Waals surface area (Å²) in [7, 11) is 0. The normalized spacial score (nSPS) is 11.3. The molecular weight excluding hydrogens is 448 g/mol. The monoisotopic (exact) mass is 490 g/mol. The minimum atomic E-state index is 0.0104. The van der Waals surface area contributed by atoms with Crippen molar-refractivity contribution >= 4 is 22.5 Å². The summed E-state index contributed by atoms with van der Waals surface area (Å²) in [5, 5.41) is 11.4. The first-order valence-corrected chi connectivity index (χ1v) is 14.0. The van der Waals surface area contributed by atoms with Gasteiger partial charge in [0, 0.05) is 29.4 Å². The van der Waals surface area contributed by atoms with E-state index in [1.165, 1.54) is 44.9 Å². The molecule has 1 aromatic heterocycles. The Kier molecular flexibility index (Phi) is 11.3. The highest BCUT2D eigenvalue weighted by molar-refractivity contribution is 6.09. The maximum atomic E-state index is 13.1. The van der Waals surface area contributed by atoms with Crippen molar-refractivity contribution in [3.05, 3.63) is 53.6 Å². The van der Waals surface area contributed by atoms with Crippen molar-refractivity contribution in [1.29, 1.82) is 0 Å². The molecular formula is C32H42O4. The SMILES string of the molecule is CCCCCCCCC(=O)c1cccc(O)c1-c1cc2c(C(=O)CCCCCCCC)cccc2o1. The van der Waals surface area contributed by atoms with Crippen molar-refractivity contribution in [2.24, 2.45) is 0 Å². The second-order valence-electron chi connectivity index (χ2n) is 9.91. The van der Waals surface area contributed by atoms with E-state index >= 15 is 0 Å². The Morgan fingerprint density at radius 2 is 1.22 bits per heavy atom. The predicted molar refractivity (Wildman–Crippen MR) is 148 cm³/mol. The van der Waals surface area contributed by atoms with E-state index < -0.39 is 0 Å². The Labute approximate surface area is 216 Å². The molecule has 194 valence electrons.